The number of hydrogen-bond acceptors (Lipinski definition) is 5. The summed E-state index contributed by atoms with van der Waals surface area (Å²) in [5.74, 6) is -1.46. The van der Waals surface area contributed by atoms with Crippen molar-refractivity contribution in [1.82, 2.24) is 14.1 Å². The molecule has 1 N–H and O–H groups in total. The minimum atomic E-state index is -3.81. The number of carbonyl (C=O) groups excluding carboxylic acids is 2. The summed E-state index contributed by atoms with van der Waals surface area (Å²) in [6.07, 6.45) is 1.15. The van der Waals surface area contributed by atoms with Gasteiger partial charge in [0.2, 0.25) is 15.9 Å². The Morgan fingerprint density at radius 1 is 0.909 bits per heavy atom. The van der Waals surface area contributed by atoms with Gasteiger partial charge in [-0.2, -0.15) is 4.31 Å². The van der Waals surface area contributed by atoms with Crippen LogP contribution in [-0.2, 0) is 14.8 Å². The maximum atomic E-state index is 13.2. The van der Waals surface area contributed by atoms with Gasteiger partial charge in [-0.3, -0.25) is 9.59 Å². The largest absolute Gasteiger partial charge is 0.507 e. The highest BCUT2D eigenvalue weighted by Crippen LogP contribution is 2.26. The number of carbonyl (C=O) groups is 2. The molecule has 33 heavy (non-hydrogen) atoms. The molecule has 0 saturated carbocycles. The average Bonchev–Trinajstić information content (AvgIpc) is 2.84. The number of halogens is 1. The number of phenols is 1. The lowest BCUT2D eigenvalue weighted by atomic mass is 9.97. The van der Waals surface area contributed by atoms with Crippen molar-refractivity contribution in [3.8, 4) is 5.75 Å². The van der Waals surface area contributed by atoms with Gasteiger partial charge >= 0.3 is 0 Å². The Bertz CT molecular complexity index is 1130. The van der Waals surface area contributed by atoms with Crippen molar-refractivity contribution in [3.05, 3.63) is 59.9 Å². The molecule has 1 atom stereocenters. The molecule has 0 aliphatic carbocycles. The predicted molar refractivity (Wildman–Crippen MR) is 118 cm³/mol. The first-order chi connectivity index (χ1) is 15.8. The molecule has 2 aromatic rings. The van der Waals surface area contributed by atoms with Gasteiger partial charge in [0.15, 0.2) is 0 Å². The Hall–Kier alpha value is -2.98. The third kappa shape index (κ3) is 4.86. The van der Waals surface area contributed by atoms with E-state index in [4.69, 9.17) is 0 Å². The highest BCUT2D eigenvalue weighted by atomic mass is 32.2. The molecule has 2 heterocycles. The fraction of sp³-hybridized carbons (Fsp3) is 0.391. The molecule has 2 amide bonds. The van der Waals surface area contributed by atoms with E-state index in [1.165, 1.54) is 22.5 Å². The van der Waals surface area contributed by atoms with Gasteiger partial charge in [-0.1, -0.05) is 12.1 Å². The van der Waals surface area contributed by atoms with Gasteiger partial charge < -0.3 is 14.9 Å². The van der Waals surface area contributed by atoms with Crippen molar-refractivity contribution < 1.29 is 27.5 Å². The fourth-order valence-electron chi connectivity index (χ4n) is 4.33. The van der Waals surface area contributed by atoms with Crippen molar-refractivity contribution in [3.63, 3.8) is 0 Å². The van der Waals surface area contributed by atoms with Gasteiger partial charge in [0, 0.05) is 39.3 Å². The Morgan fingerprint density at radius 2 is 1.55 bits per heavy atom. The van der Waals surface area contributed by atoms with Gasteiger partial charge in [0.05, 0.1) is 16.4 Å². The second kappa shape index (κ2) is 9.48. The molecule has 2 aliphatic heterocycles. The van der Waals surface area contributed by atoms with Crippen LogP contribution in [0.4, 0.5) is 4.39 Å². The first-order valence-corrected chi connectivity index (χ1v) is 12.3. The lowest BCUT2D eigenvalue weighted by Crippen LogP contribution is -2.54. The molecule has 10 heteroatoms. The van der Waals surface area contributed by atoms with E-state index in [1.807, 2.05) is 0 Å². The van der Waals surface area contributed by atoms with E-state index in [2.05, 4.69) is 0 Å². The summed E-state index contributed by atoms with van der Waals surface area (Å²) in [7, 11) is -3.81. The lowest BCUT2D eigenvalue weighted by Gasteiger charge is -2.38. The van der Waals surface area contributed by atoms with E-state index >= 15 is 0 Å². The molecule has 4 rings (SSSR count). The number of amides is 2. The number of aromatic hydroxyl groups is 1. The number of phenolic OH excluding ortho intramolecular Hbond substituents is 1. The third-order valence-corrected chi connectivity index (χ3v) is 8.08. The summed E-state index contributed by atoms with van der Waals surface area (Å²) in [6.45, 7) is 1.76. The minimum absolute atomic E-state index is 0.00768. The molecule has 0 spiro atoms. The van der Waals surface area contributed by atoms with E-state index in [-0.39, 0.29) is 34.6 Å². The third-order valence-electron chi connectivity index (χ3n) is 6.20. The van der Waals surface area contributed by atoms with E-state index < -0.39 is 21.8 Å². The highest BCUT2D eigenvalue weighted by molar-refractivity contribution is 7.89. The molecule has 8 nitrogen and oxygen atoms in total. The normalized spacial score (nSPS) is 20.0. The number of hydrogen-bond donors (Lipinski definition) is 1. The number of piperazine rings is 1. The molecule has 1 unspecified atom stereocenters. The van der Waals surface area contributed by atoms with Crippen LogP contribution in [0.15, 0.2) is 53.4 Å². The average molecular weight is 476 g/mol. The standard InChI is InChI=1S/C23H26FN3O5S/c24-18-7-9-19(10-8-18)33(31,32)27-11-3-4-17(16-27)22(29)25-12-14-26(15-13-25)23(30)20-5-1-2-6-21(20)28/h1-2,5-10,17,28H,3-4,11-16H2. The maximum Gasteiger partial charge on any atom is 0.257 e. The Labute approximate surface area is 192 Å². The van der Waals surface area contributed by atoms with Crippen LogP contribution in [0.3, 0.4) is 0 Å². The van der Waals surface area contributed by atoms with Crippen molar-refractivity contribution >= 4 is 21.8 Å². The van der Waals surface area contributed by atoms with Gasteiger partial charge in [0.1, 0.15) is 11.6 Å². The number of benzene rings is 2. The molecule has 0 bridgehead atoms. The van der Waals surface area contributed by atoms with Crippen LogP contribution < -0.4 is 0 Å². The van der Waals surface area contributed by atoms with Crippen LogP contribution in [0.5, 0.6) is 5.75 Å². The number of sulfonamides is 1. The molecule has 176 valence electrons. The summed E-state index contributed by atoms with van der Waals surface area (Å²) in [4.78, 5) is 29.1. The van der Waals surface area contributed by atoms with Crippen LogP contribution in [0.2, 0.25) is 0 Å². The molecule has 0 radical (unpaired) electrons. The molecular weight excluding hydrogens is 449 g/mol. The van der Waals surface area contributed by atoms with Gasteiger partial charge in [-0.25, -0.2) is 12.8 Å². The van der Waals surface area contributed by atoms with Gasteiger partial charge in [-0.15, -0.1) is 0 Å². The van der Waals surface area contributed by atoms with Crippen molar-refractivity contribution in [2.45, 2.75) is 17.7 Å². The number of rotatable bonds is 4. The van der Waals surface area contributed by atoms with E-state index in [9.17, 15) is 27.5 Å². The quantitative estimate of drug-likeness (QED) is 0.729. The summed E-state index contributed by atoms with van der Waals surface area (Å²) < 4.78 is 40.4. The smallest absolute Gasteiger partial charge is 0.257 e. The molecule has 2 saturated heterocycles. The molecule has 2 aromatic carbocycles. The van der Waals surface area contributed by atoms with Crippen molar-refractivity contribution in [1.29, 1.82) is 0 Å². The van der Waals surface area contributed by atoms with Crippen LogP contribution in [0, 0.1) is 11.7 Å². The van der Waals surface area contributed by atoms with E-state index in [1.54, 1.807) is 28.0 Å². The van der Waals surface area contributed by atoms with Crippen molar-refractivity contribution in [2.24, 2.45) is 5.92 Å². The monoisotopic (exact) mass is 475 g/mol. The Balaban J connectivity index is 1.37. The SMILES string of the molecule is O=C(c1ccccc1O)N1CCN(C(=O)C2CCCN(S(=O)(=O)c3ccc(F)cc3)C2)CC1. The molecule has 0 aromatic heterocycles. The van der Waals surface area contributed by atoms with E-state index in [0.717, 1.165) is 12.1 Å². The number of piperidine rings is 1. The van der Waals surface area contributed by atoms with Crippen molar-refractivity contribution in [2.75, 3.05) is 39.3 Å². The second-order valence-corrected chi connectivity index (χ2v) is 10.2. The van der Waals surface area contributed by atoms with Gasteiger partial charge in [-0.05, 0) is 49.2 Å². The minimum Gasteiger partial charge on any atom is -0.507 e. The van der Waals surface area contributed by atoms with Crippen LogP contribution >= 0.6 is 0 Å². The predicted octanol–water partition coefficient (Wildman–Crippen LogP) is 1.92. The zero-order chi connectivity index (χ0) is 23.6. The first-order valence-electron chi connectivity index (χ1n) is 10.9. The zero-order valence-electron chi connectivity index (χ0n) is 18.1. The Morgan fingerprint density at radius 3 is 2.21 bits per heavy atom. The molecule has 2 aliphatic rings. The summed E-state index contributed by atoms with van der Waals surface area (Å²) in [5.41, 5.74) is 0.228. The molecular formula is C23H26FN3O5S. The van der Waals surface area contributed by atoms with Crippen LogP contribution in [-0.4, -0.2) is 78.7 Å². The number of para-hydroxylation sites is 1. The van der Waals surface area contributed by atoms with Crippen LogP contribution in [0.1, 0.15) is 23.2 Å². The highest BCUT2D eigenvalue weighted by Gasteiger charge is 2.36. The summed E-state index contributed by atoms with van der Waals surface area (Å²) in [6, 6.07) is 11.0. The van der Waals surface area contributed by atoms with Crippen LogP contribution in [0.25, 0.3) is 0 Å². The first kappa shape index (κ1) is 23.2. The van der Waals surface area contributed by atoms with E-state index in [0.29, 0.717) is 45.6 Å². The lowest BCUT2D eigenvalue weighted by molar-refractivity contribution is -0.138. The Kier molecular flexibility index (Phi) is 6.66. The fourth-order valence-corrected chi connectivity index (χ4v) is 5.85. The van der Waals surface area contributed by atoms with Gasteiger partial charge in [0.25, 0.3) is 5.91 Å². The zero-order valence-corrected chi connectivity index (χ0v) is 18.9. The number of nitrogens with zero attached hydrogens (tertiary/aromatic N) is 3. The molecule has 2 fully saturated rings. The maximum absolute atomic E-state index is 13.2. The summed E-state index contributed by atoms with van der Waals surface area (Å²) >= 11 is 0. The second-order valence-electron chi connectivity index (χ2n) is 8.29. The summed E-state index contributed by atoms with van der Waals surface area (Å²) in [5, 5.41) is 9.92. The topological polar surface area (TPSA) is 98.2 Å².